The summed E-state index contributed by atoms with van der Waals surface area (Å²) in [6.45, 7) is 8.32. The second kappa shape index (κ2) is 8.04. The Morgan fingerprint density at radius 1 is 1.33 bits per heavy atom. The lowest BCUT2D eigenvalue weighted by molar-refractivity contribution is 0.0955. The fourth-order valence-electron chi connectivity index (χ4n) is 3.13. The molecule has 1 aliphatic carbocycles. The number of H-pyrrole nitrogens is 1. The van der Waals surface area contributed by atoms with E-state index < -0.39 is 11.2 Å². The van der Waals surface area contributed by atoms with Crippen LogP contribution in [-0.4, -0.2) is 40.1 Å². The number of hydrogen-bond acceptors (Lipinski definition) is 5. The first-order valence-corrected chi connectivity index (χ1v) is 9.59. The van der Waals surface area contributed by atoms with Crippen molar-refractivity contribution in [3.8, 4) is 0 Å². The minimum absolute atomic E-state index is 0.181. The maximum absolute atomic E-state index is 12.8. The number of carbonyl (C=O) groups is 1. The number of carbonyl (C=O) groups excluding carboxylic acids is 1. The van der Waals surface area contributed by atoms with Crippen LogP contribution in [0.15, 0.2) is 15.7 Å². The van der Waals surface area contributed by atoms with Crippen molar-refractivity contribution in [3.63, 3.8) is 0 Å². The van der Waals surface area contributed by atoms with E-state index in [2.05, 4.69) is 20.6 Å². The minimum Gasteiger partial charge on any atom is -0.351 e. The Kier molecular flexibility index (Phi) is 5.74. The molecule has 0 aliphatic heterocycles. The molecule has 2 heterocycles. The molecule has 1 amide bonds. The maximum Gasteiger partial charge on any atom is 0.330 e. The Balaban J connectivity index is 2.12. The molecule has 1 aliphatic rings. The number of rotatable bonds is 8. The molecule has 0 bridgehead atoms. The smallest absolute Gasteiger partial charge is 0.330 e. The highest BCUT2D eigenvalue weighted by molar-refractivity contribution is 6.05. The minimum atomic E-state index is -0.568. The Hall–Kier alpha value is -2.48. The first kappa shape index (κ1) is 19.3. The van der Waals surface area contributed by atoms with E-state index in [1.54, 1.807) is 6.07 Å². The van der Waals surface area contributed by atoms with Crippen LogP contribution in [0.2, 0.25) is 0 Å². The number of hydrogen-bond donors (Lipinski definition) is 3. The number of aromatic nitrogens is 3. The van der Waals surface area contributed by atoms with Crippen LogP contribution in [0.3, 0.4) is 0 Å². The molecule has 0 radical (unpaired) electrons. The summed E-state index contributed by atoms with van der Waals surface area (Å²) in [5.41, 5.74) is 0.319. The second-order valence-electron chi connectivity index (χ2n) is 7.44. The van der Waals surface area contributed by atoms with Gasteiger partial charge >= 0.3 is 5.69 Å². The Morgan fingerprint density at radius 2 is 2.07 bits per heavy atom. The summed E-state index contributed by atoms with van der Waals surface area (Å²) in [4.78, 5) is 44.6. The summed E-state index contributed by atoms with van der Waals surface area (Å²) in [6.07, 6.45) is 2.02. The van der Waals surface area contributed by atoms with Gasteiger partial charge in [0.15, 0.2) is 5.65 Å². The normalized spacial score (nSPS) is 14.1. The molecular weight excluding hydrogens is 346 g/mol. The van der Waals surface area contributed by atoms with Crippen molar-refractivity contribution in [3.05, 3.63) is 38.2 Å². The van der Waals surface area contributed by atoms with Crippen LogP contribution in [0.25, 0.3) is 11.0 Å². The zero-order valence-electron chi connectivity index (χ0n) is 16.1. The SMILES string of the molecule is CCNCCNC(=O)c1cc(C2CC2)nc2c1c(=O)[nH]c(=O)n2CC(C)C. The molecule has 2 aromatic rings. The van der Waals surface area contributed by atoms with Crippen molar-refractivity contribution in [1.82, 2.24) is 25.2 Å². The zero-order valence-corrected chi connectivity index (χ0v) is 16.1. The van der Waals surface area contributed by atoms with E-state index in [0.717, 1.165) is 25.1 Å². The van der Waals surface area contributed by atoms with Crippen LogP contribution < -0.4 is 21.9 Å². The first-order chi connectivity index (χ1) is 12.9. The van der Waals surface area contributed by atoms with Gasteiger partial charge in [0.1, 0.15) is 0 Å². The van der Waals surface area contributed by atoms with Crippen LogP contribution in [0.4, 0.5) is 0 Å². The van der Waals surface area contributed by atoms with E-state index >= 15 is 0 Å². The maximum atomic E-state index is 12.8. The van der Waals surface area contributed by atoms with Gasteiger partial charge in [0.25, 0.3) is 11.5 Å². The Labute approximate surface area is 157 Å². The molecule has 0 aromatic carbocycles. The summed E-state index contributed by atoms with van der Waals surface area (Å²) in [5.74, 6) is 0.174. The average molecular weight is 373 g/mol. The van der Waals surface area contributed by atoms with Gasteiger partial charge in [0.05, 0.1) is 10.9 Å². The molecule has 1 saturated carbocycles. The quantitative estimate of drug-likeness (QED) is 0.597. The van der Waals surface area contributed by atoms with Crippen LogP contribution in [0.1, 0.15) is 55.6 Å². The average Bonchev–Trinajstić information content (AvgIpc) is 3.46. The fraction of sp³-hybridized carbons (Fsp3) is 0.579. The molecule has 0 saturated heterocycles. The molecular formula is C19H27N5O3. The number of fused-ring (bicyclic) bond motifs is 1. The van der Waals surface area contributed by atoms with E-state index in [-0.39, 0.29) is 22.8 Å². The van der Waals surface area contributed by atoms with Crippen molar-refractivity contribution in [2.45, 2.75) is 46.1 Å². The third kappa shape index (κ3) is 4.27. The van der Waals surface area contributed by atoms with Gasteiger partial charge in [0.2, 0.25) is 0 Å². The van der Waals surface area contributed by atoms with Gasteiger partial charge in [-0.15, -0.1) is 0 Å². The molecule has 1 fully saturated rings. The third-order valence-electron chi connectivity index (χ3n) is 4.59. The van der Waals surface area contributed by atoms with E-state index in [4.69, 9.17) is 0 Å². The molecule has 0 spiro atoms. The number of nitrogens with zero attached hydrogens (tertiary/aromatic N) is 2. The second-order valence-corrected chi connectivity index (χ2v) is 7.44. The summed E-state index contributed by atoms with van der Waals surface area (Å²) in [7, 11) is 0. The number of likely N-dealkylation sites (N-methyl/N-ethyl adjacent to an activating group) is 1. The largest absolute Gasteiger partial charge is 0.351 e. The van der Waals surface area contributed by atoms with E-state index in [1.165, 1.54) is 4.57 Å². The zero-order chi connectivity index (χ0) is 19.6. The fourth-order valence-corrected chi connectivity index (χ4v) is 3.13. The Bertz CT molecular complexity index is 956. The number of pyridine rings is 1. The predicted octanol–water partition coefficient (Wildman–Crippen LogP) is 0.957. The highest BCUT2D eigenvalue weighted by atomic mass is 16.2. The van der Waals surface area contributed by atoms with Crippen LogP contribution >= 0.6 is 0 Å². The van der Waals surface area contributed by atoms with Gasteiger partial charge in [-0.3, -0.25) is 19.1 Å². The lowest BCUT2D eigenvalue weighted by Crippen LogP contribution is -2.35. The monoisotopic (exact) mass is 373 g/mol. The van der Waals surface area contributed by atoms with Crippen LogP contribution in [0.5, 0.6) is 0 Å². The van der Waals surface area contributed by atoms with Crippen molar-refractivity contribution >= 4 is 16.9 Å². The van der Waals surface area contributed by atoms with Crippen molar-refractivity contribution in [2.24, 2.45) is 5.92 Å². The third-order valence-corrected chi connectivity index (χ3v) is 4.59. The predicted molar refractivity (Wildman–Crippen MR) is 104 cm³/mol. The van der Waals surface area contributed by atoms with Gasteiger partial charge in [-0.25, -0.2) is 9.78 Å². The van der Waals surface area contributed by atoms with Gasteiger partial charge in [0, 0.05) is 31.2 Å². The van der Waals surface area contributed by atoms with Gasteiger partial charge < -0.3 is 10.6 Å². The molecule has 3 rings (SSSR count). The number of aromatic amines is 1. The summed E-state index contributed by atoms with van der Waals surface area (Å²) in [5, 5.41) is 6.17. The molecule has 2 aromatic heterocycles. The first-order valence-electron chi connectivity index (χ1n) is 9.59. The van der Waals surface area contributed by atoms with Crippen molar-refractivity contribution in [2.75, 3.05) is 19.6 Å². The van der Waals surface area contributed by atoms with Gasteiger partial charge in [-0.1, -0.05) is 20.8 Å². The van der Waals surface area contributed by atoms with Crippen molar-refractivity contribution in [1.29, 1.82) is 0 Å². The van der Waals surface area contributed by atoms with E-state index in [1.807, 2.05) is 20.8 Å². The molecule has 0 atom stereocenters. The van der Waals surface area contributed by atoms with Gasteiger partial charge in [-0.2, -0.15) is 0 Å². The standard InChI is InChI=1S/C19H27N5O3/c1-4-20-7-8-21-17(25)13-9-14(12-5-6-12)22-16-15(13)18(26)23-19(27)24(16)10-11(2)3/h9,11-12,20H,4-8,10H2,1-3H3,(H,21,25)(H,23,26,27). The molecule has 27 heavy (non-hydrogen) atoms. The van der Waals surface area contributed by atoms with Crippen LogP contribution in [0, 0.1) is 5.92 Å². The summed E-state index contributed by atoms with van der Waals surface area (Å²) < 4.78 is 1.47. The summed E-state index contributed by atoms with van der Waals surface area (Å²) in [6, 6.07) is 1.71. The molecule has 3 N–H and O–H groups in total. The molecule has 146 valence electrons. The number of amides is 1. The number of nitrogens with one attached hydrogen (secondary N) is 3. The molecule has 8 nitrogen and oxygen atoms in total. The summed E-state index contributed by atoms with van der Waals surface area (Å²) >= 11 is 0. The topological polar surface area (TPSA) is 109 Å². The Morgan fingerprint density at radius 3 is 2.70 bits per heavy atom. The van der Waals surface area contributed by atoms with E-state index in [9.17, 15) is 14.4 Å². The van der Waals surface area contributed by atoms with E-state index in [0.29, 0.717) is 31.2 Å². The highest BCUT2D eigenvalue weighted by Crippen LogP contribution is 2.39. The van der Waals surface area contributed by atoms with Crippen LogP contribution in [-0.2, 0) is 6.54 Å². The van der Waals surface area contributed by atoms with Gasteiger partial charge in [-0.05, 0) is 31.4 Å². The lowest BCUT2D eigenvalue weighted by Gasteiger charge is -2.14. The highest BCUT2D eigenvalue weighted by Gasteiger charge is 2.28. The van der Waals surface area contributed by atoms with Crippen molar-refractivity contribution < 1.29 is 4.79 Å². The lowest BCUT2D eigenvalue weighted by atomic mass is 10.1. The molecule has 8 heteroatoms. The molecule has 0 unspecified atom stereocenters.